The first kappa shape index (κ1) is 12.0. The van der Waals surface area contributed by atoms with Crippen molar-refractivity contribution in [3.8, 4) is 28.4 Å². The molecule has 0 unspecified atom stereocenters. The molecule has 0 saturated heterocycles. The van der Waals surface area contributed by atoms with Gasteiger partial charge in [0.15, 0.2) is 6.29 Å². The van der Waals surface area contributed by atoms with E-state index in [9.17, 15) is 4.79 Å². The molecule has 0 N–H and O–H groups in total. The molecule has 0 aromatic heterocycles. The quantitative estimate of drug-likeness (QED) is 0.508. The lowest BCUT2D eigenvalue weighted by Gasteiger charge is -2.22. The summed E-state index contributed by atoms with van der Waals surface area (Å²) in [6.07, 6.45) is 0.853. The Hall–Kier alpha value is -2.81. The molecule has 0 atom stereocenters. The van der Waals surface area contributed by atoms with Crippen molar-refractivity contribution in [2.45, 2.75) is 0 Å². The number of ether oxygens (including phenoxy) is 2. The molecule has 3 aromatic rings. The van der Waals surface area contributed by atoms with Gasteiger partial charge in [-0.2, -0.15) is 0 Å². The van der Waals surface area contributed by atoms with Gasteiger partial charge >= 0.3 is 0 Å². The molecule has 1 aliphatic rings. The van der Waals surface area contributed by atoms with E-state index >= 15 is 0 Å². The number of rotatable bonds is 2. The summed E-state index contributed by atoms with van der Waals surface area (Å²) in [6.45, 7) is 0. The Morgan fingerprint density at radius 3 is 2.57 bits per heavy atom. The second-order valence-corrected chi connectivity index (χ2v) is 4.93. The van der Waals surface area contributed by atoms with E-state index in [2.05, 4.69) is 0 Å². The monoisotopic (exact) mass is 276 g/mol. The summed E-state index contributed by atoms with van der Waals surface area (Å²) in [5, 5.41) is 1.73. The highest BCUT2D eigenvalue weighted by Gasteiger charge is 2.22. The van der Waals surface area contributed by atoms with Gasteiger partial charge in [0.05, 0.1) is 7.11 Å². The third kappa shape index (κ3) is 1.57. The van der Waals surface area contributed by atoms with E-state index in [1.54, 1.807) is 13.2 Å². The normalized spacial score (nSPS) is 11.7. The number of benzene rings is 3. The van der Waals surface area contributed by atoms with Crippen LogP contribution in [0.15, 0.2) is 48.5 Å². The van der Waals surface area contributed by atoms with Crippen LogP contribution in [0.5, 0.6) is 17.2 Å². The highest BCUT2D eigenvalue weighted by Crippen LogP contribution is 2.48. The highest BCUT2D eigenvalue weighted by atomic mass is 16.5. The van der Waals surface area contributed by atoms with Crippen molar-refractivity contribution < 1.29 is 14.3 Å². The minimum absolute atomic E-state index is 0.607. The molecule has 0 amide bonds. The number of hydrogen-bond donors (Lipinski definition) is 0. The van der Waals surface area contributed by atoms with Crippen LogP contribution >= 0.6 is 0 Å². The number of carbonyl (C=O) groups excluding carboxylic acids is 1. The molecule has 4 rings (SSSR count). The van der Waals surface area contributed by atoms with Crippen LogP contribution in [0, 0.1) is 0 Å². The Labute approximate surface area is 121 Å². The van der Waals surface area contributed by atoms with Gasteiger partial charge in [0.25, 0.3) is 0 Å². The van der Waals surface area contributed by atoms with Crippen molar-refractivity contribution in [2.75, 3.05) is 7.11 Å². The van der Waals surface area contributed by atoms with E-state index in [1.165, 1.54) is 0 Å². The molecular weight excluding hydrogens is 264 g/mol. The Bertz CT molecular complexity index is 881. The number of aldehydes is 1. The molecule has 3 aromatic carbocycles. The lowest BCUT2D eigenvalue weighted by Crippen LogP contribution is -2.00. The lowest BCUT2D eigenvalue weighted by molar-refractivity contribution is 0.112. The maximum atomic E-state index is 11.4. The van der Waals surface area contributed by atoms with Crippen LogP contribution in [0.2, 0.25) is 0 Å². The zero-order valence-electron chi connectivity index (χ0n) is 11.4. The third-order valence-corrected chi connectivity index (χ3v) is 3.86. The van der Waals surface area contributed by atoms with Crippen LogP contribution in [0.4, 0.5) is 0 Å². The van der Waals surface area contributed by atoms with Gasteiger partial charge in [-0.15, -0.1) is 0 Å². The van der Waals surface area contributed by atoms with E-state index < -0.39 is 0 Å². The van der Waals surface area contributed by atoms with Gasteiger partial charge in [-0.3, -0.25) is 4.79 Å². The number of para-hydroxylation sites is 1. The molecular formula is C18H12O3. The largest absolute Gasteiger partial charge is 0.496 e. The van der Waals surface area contributed by atoms with E-state index in [-0.39, 0.29) is 0 Å². The summed E-state index contributed by atoms with van der Waals surface area (Å²) in [6, 6.07) is 15.4. The Kier molecular flexibility index (Phi) is 2.48. The van der Waals surface area contributed by atoms with Crippen LogP contribution in [-0.2, 0) is 0 Å². The van der Waals surface area contributed by atoms with Crippen molar-refractivity contribution in [1.82, 2.24) is 0 Å². The fraction of sp³-hybridized carbons (Fsp3) is 0.0556. The summed E-state index contributed by atoms with van der Waals surface area (Å²) in [5.74, 6) is 2.26. The minimum atomic E-state index is 0.607. The number of hydrogen-bond acceptors (Lipinski definition) is 3. The van der Waals surface area contributed by atoms with Crippen LogP contribution < -0.4 is 9.47 Å². The molecule has 0 bridgehead atoms. The summed E-state index contributed by atoms with van der Waals surface area (Å²) in [4.78, 5) is 11.4. The number of carbonyl (C=O) groups is 1. The molecule has 3 nitrogen and oxygen atoms in total. The molecule has 0 spiro atoms. The standard InChI is InChI=1S/C18H12O3/c1-20-15-9-7-13-12-4-2-3-5-14(12)21-16-8-6-11(10-19)17(15)18(13)16/h2-10H,1H3. The molecule has 21 heavy (non-hydrogen) atoms. The van der Waals surface area contributed by atoms with Gasteiger partial charge in [0.2, 0.25) is 0 Å². The zero-order chi connectivity index (χ0) is 14.4. The fourth-order valence-electron chi connectivity index (χ4n) is 2.93. The Morgan fingerprint density at radius 2 is 1.76 bits per heavy atom. The zero-order valence-corrected chi connectivity index (χ0v) is 11.4. The predicted octanol–water partition coefficient (Wildman–Crippen LogP) is 4.43. The fourth-order valence-corrected chi connectivity index (χ4v) is 2.93. The van der Waals surface area contributed by atoms with Gasteiger partial charge in [-0.1, -0.05) is 18.2 Å². The predicted molar refractivity (Wildman–Crippen MR) is 81.4 cm³/mol. The molecule has 102 valence electrons. The first-order chi connectivity index (χ1) is 10.3. The Morgan fingerprint density at radius 1 is 0.905 bits per heavy atom. The van der Waals surface area contributed by atoms with Gasteiger partial charge in [-0.25, -0.2) is 0 Å². The summed E-state index contributed by atoms with van der Waals surface area (Å²) < 4.78 is 11.4. The average Bonchev–Trinajstić information content (AvgIpc) is 2.55. The van der Waals surface area contributed by atoms with Crippen LogP contribution in [0.1, 0.15) is 10.4 Å². The summed E-state index contributed by atoms with van der Waals surface area (Å²) in [5.41, 5.74) is 2.70. The minimum Gasteiger partial charge on any atom is -0.496 e. The maximum absolute atomic E-state index is 11.4. The van der Waals surface area contributed by atoms with Gasteiger partial charge in [0, 0.05) is 21.9 Å². The number of methoxy groups -OCH3 is 1. The second-order valence-electron chi connectivity index (χ2n) is 4.93. The third-order valence-electron chi connectivity index (χ3n) is 3.86. The molecule has 1 heterocycles. The van der Waals surface area contributed by atoms with Crippen molar-refractivity contribution in [3.63, 3.8) is 0 Å². The smallest absolute Gasteiger partial charge is 0.150 e. The van der Waals surface area contributed by atoms with Crippen molar-refractivity contribution in [3.05, 3.63) is 54.1 Å². The van der Waals surface area contributed by atoms with Crippen LogP contribution in [0.3, 0.4) is 0 Å². The molecule has 1 aliphatic heterocycles. The van der Waals surface area contributed by atoms with E-state index in [0.717, 1.165) is 39.7 Å². The SMILES string of the molecule is COc1ccc2c3c(ccc(C=O)c13)Oc1ccccc1-2. The van der Waals surface area contributed by atoms with E-state index in [1.807, 2.05) is 42.5 Å². The maximum Gasteiger partial charge on any atom is 0.150 e. The van der Waals surface area contributed by atoms with Crippen molar-refractivity contribution in [1.29, 1.82) is 0 Å². The van der Waals surface area contributed by atoms with Crippen LogP contribution in [-0.4, -0.2) is 13.4 Å². The first-order valence-electron chi connectivity index (χ1n) is 6.69. The molecule has 3 heteroatoms. The average molecular weight is 276 g/mol. The van der Waals surface area contributed by atoms with Crippen molar-refractivity contribution in [2.24, 2.45) is 0 Å². The topological polar surface area (TPSA) is 35.5 Å². The van der Waals surface area contributed by atoms with E-state index in [0.29, 0.717) is 11.3 Å². The molecule has 0 saturated carbocycles. The lowest BCUT2D eigenvalue weighted by atomic mass is 9.92. The van der Waals surface area contributed by atoms with E-state index in [4.69, 9.17) is 9.47 Å². The first-order valence-corrected chi connectivity index (χ1v) is 6.69. The van der Waals surface area contributed by atoms with Gasteiger partial charge in [-0.05, 0) is 35.9 Å². The molecule has 0 aliphatic carbocycles. The second kappa shape index (κ2) is 4.35. The summed E-state index contributed by atoms with van der Waals surface area (Å²) >= 11 is 0. The van der Waals surface area contributed by atoms with Crippen LogP contribution in [0.25, 0.3) is 21.9 Å². The Balaban J connectivity index is 2.20. The molecule has 0 fully saturated rings. The number of fused-ring (bicyclic) bond motifs is 2. The van der Waals surface area contributed by atoms with Gasteiger partial charge < -0.3 is 9.47 Å². The summed E-state index contributed by atoms with van der Waals surface area (Å²) in [7, 11) is 1.61. The highest BCUT2D eigenvalue weighted by molar-refractivity contribution is 6.12. The molecule has 0 radical (unpaired) electrons. The van der Waals surface area contributed by atoms with Crippen molar-refractivity contribution >= 4 is 17.1 Å². The van der Waals surface area contributed by atoms with Gasteiger partial charge in [0.1, 0.15) is 17.2 Å².